The standard InChI is InChI=1S/C15H17N5O2/c16-13(21)11-5-4-8-19(9-11)15(22)14-17-10-20(18-14)12-6-2-1-3-7-12/h1-3,6-7,10-11H,4-5,8-9H2,(H2,16,21)/t11-/m0/s1. The topological polar surface area (TPSA) is 94.1 Å². The highest BCUT2D eigenvalue weighted by molar-refractivity contribution is 5.91. The Labute approximate surface area is 127 Å². The van der Waals surface area contributed by atoms with Crippen molar-refractivity contribution in [3.8, 4) is 5.69 Å². The summed E-state index contributed by atoms with van der Waals surface area (Å²) < 4.78 is 1.56. The van der Waals surface area contributed by atoms with E-state index in [0.717, 1.165) is 18.5 Å². The summed E-state index contributed by atoms with van der Waals surface area (Å²) in [5.74, 6) is -0.774. The van der Waals surface area contributed by atoms with Gasteiger partial charge in [-0.1, -0.05) is 18.2 Å². The lowest BCUT2D eigenvalue weighted by molar-refractivity contribution is -0.123. The van der Waals surface area contributed by atoms with Crippen molar-refractivity contribution in [2.45, 2.75) is 12.8 Å². The van der Waals surface area contributed by atoms with Gasteiger partial charge < -0.3 is 10.6 Å². The van der Waals surface area contributed by atoms with Crippen LogP contribution in [0.4, 0.5) is 0 Å². The lowest BCUT2D eigenvalue weighted by atomic mass is 9.97. The van der Waals surface area contributed by atoms with Crippen LogP contribution in [0.25, 0.3) is 5.69 Å². The molecule has 0 unspecified atom stereocenters. The molecule has 2 heterocycles. The van der Waals surface area contributed by atoms with Crippen molar-refractivity contribution in [1.29, 1.82) is 0 Å². The molecule has 7 nitrogen and oxygen atoms in total. The summed E-state index contributed by atoms with van der Waals surface area (Å²) in [6.45, 7) is 0.941. The number of nitrogens with two attached hydrogens (primary N) is 1. The van der Waals surface area contributed by atoms with Gasteiger partial charge in [0.05, 0.1) is 11.6 Å². The van der Waals surface area contributed by atoms with E-state index in [-0.39, 0.29) is 23.6 Å². The number of rotatable bonds is 3. The summed E-state index contributed by atoms with van der Waals surface area (Å²) in [7, 11) is 0. The molecule has 22 heavy (non-hydrogen) atoms. The SMILES string of the molecule is NC(=O)[C@H]1CCCN(C(=O)c2ncn(-c3ccccc3)n2)C1. The van der Waals surface area contributed by atoms with E-state index in [1.54, 1.807) is 9.58 Å². The molecule has 1 aliphatic heterocycles. The molecule has 2 amide bonds. The molecule has 2 N–H and O–H groups in total. The summed E-state index contributed by atoms with van der Waals surface area (Å²) >= 11 is 0. The second kappa shape index (κ2) is 5.97. The van der Waals surface area contributed by atoms with Crippen molar-refractivity contribution in [2.75, 3.05) is 13.1 Å². The Kier molecular flexibility index (Phi) is 3.86. The highest BCUT2D eigenvalue weighted by atomic mass is 16.2. The average molecular weight is 299 g/mol. The van der Waals surface area contributed by atoms with Crippen LogP contribution in [0.3, 0.4) is 0 Å². The van der Waals surface area contributed by atoms with Gasteiger partial charge in [-0.25, -0.2) is 9.67 Å². The minimum atomic E-state index is -0.361. The summed E-state index contributed by atoms with van der Waals surface area (Å²) in [6, 6.07) is 9.45. The Hall–Kier alpha value is -2.70. The number of aromatic nitrogens is 3. The van der Waals surface area contributed by atoms with Gasteiger partial charge in [-0.3, -0.25) is 9.59 Å². The van der Waals surface area contributed by atoms with E-state index in [2.05, 4.69) is 10.1 Å². The maximum absolute atomic E-state index is 12.4. The van der Waals surface area contributed by atoms with Gasteiger partial charge >= 0.3 is 0 Å². The first kappa shape index (κ1) is 14.2. The fourth-order valence-electron chi connectivity index (χ4n) is 2.60. The normalized spacial score (nSPS) is 18.2. The molecule has 1 saturated heterocycles. The lowest BCUT2D eigenvalue weighted by Crippen LogP contribution is -2.44. The maximum atomic E-state index is 12.4. The van der Waals surface area contributed by atoms with Gasteiger partial charge in [-0.05, 0) is 25.0 Å². The number of amides is 2. The molecule has 3 rings (SSSR count). The van der Waals surface area contributed by atoms with Crippen LogP contribution in [0.5, 0.6) is 0 Å². The van der Waals surface area contributed by atoms with Gasteiger partial charge in [0, 0.05) is 13.1 Å². The molecule has 114 valence electrons. The van der Waals surface area contributed by atoms with E-state index in [9.17, 15) is 9.59 Å². The Morgan fingerprint density at radius 1 is 1.23 bits per heavy atom. The van der Waals surface area contributed by atoms with Gasteiger partial charge in [0.2, 0.25) is 11.7 Å². The number of piperidine rings is 1. The third-order valence-electron chi connectivity index (χ3n) is 3.81. The molecule has 0 bridgehead atoms. The van der Waals surface area contributed by atoms with Gasteiger partial charge in [0.25, 0.3) is 5.91 Å². The molecule has 0 aliphatic carbocycles. The van der Waals surface area contributed by atoms with Crippen LogP contribution >= 0.6 is 0 Å². The molecule has 1 aliphatic rings. The zero-order valence-corrected chi connectivity index (χ0v) is 12.1. The van der Waals surface area contributed by atoms with Gasteiger partial charge in [-0.15, -0.1) is 5.10 Å². The Balaban J connectivity index is 1.76. The van der Waals surface area contributed by atoms with E-state index in [1.807, 2.05) is 30.3 Å². The zero-order valence-electron chi connectivity index (χ0n) is 12.1. The largest absolute Gasteiger partial charge is 0.369 e. The fraction of sp³-hybridized carbons (Fsp3) is 0.333. The number of carbonyl (C=O) groups is 2. The molecule has 1 fully saturated rings. The fourth-order valence-corrected chi connectivity index (χ4v) is 2.60. The van der Waals surface area contributed by atoms with Crippen molar-refractivity contribution in [3.63, 3.8) is 0 Å². The highest BCUT2D eigenvalue weighted by Crippen LogP contribution is 2.17. The van der Waals surface area contributed by atoms with E-state index < -0.39 is 0 Å². The summed E-state index contributed by atoms with van der Waals surface area (Å²) in [4.78, 5) is 29.4. The second-order valence-electron chi connectivity index (χ2n) is 5.34. The van der Waals surface area contributed by atoms with Crippen molar-refractivity contribution in [2.24, 2.45) is 11.7 Å². The lowest BCUT2D eigenvalue weighted by Gasteiger charge is -2.30. The molecule has 1 atom stereocenters. The number of para-hydroxylation sites is 1. The molecule has 0 radical (unpaired) electrons. The smallest absolute Gasteiger partial charge is 0.293 e. The predicted molar refractivity (Wildman–Crippen MR) is 79.2 cm³/mol. The third-order valence-corrected chi connectivity index (χ3v) is 3.81. The molecule has 0 saturated carbocycles. The molecule has 0 spiro atoms. The maximum Gasteiger partial charge on any atom is 0.293 e. The third kappa shape index (κ3) is 2.83. The molecule has 7 heteroatoms. The zero-order chi connectivity index (χ0) is 15.5. The first-order chi connectivity index (χ1) is 10.6. The van der Waals surface area contributed by atoms with Gasteiger partial charge in [0.1, 0.15) is 6.33 Å². The van der Waals surface area contributed by atoms with Crippen molar-refractivity contribution in [1.82, 2.24) is 19.7 Å². The average Bonchev–Trinajstić information content (AvgIpc) is 3.05. The quantitative estimate of drug-likeness (QED) is 0.898. The number of nitrogens with zero attached hydrogens (tertiary/aromatic N) is 4. The summed E-state index contributed by atoms with van der Waals surface area (Å²) in [6.07, 6.45) is 3.00. The van der Waals surface area contributed by atoms with Crippen molar-refractivity contribution < 1.29 is 9.59 Å². The number of primary amides is 1. The van der Waals surface area contributed by atoms with Crippen LogP contribution in [0.15, 0.2) is 36.7 Å². The van der Waals surface area contributed by atoms with Crippen molar-refractivity contribution in [3.05, 3.63) is 42.5 Å². The summed E-state index contributed by atoms with van der Waals surface area (Å²) in [5.41, 5.74) is 6.17. The van der Waals surface area contributed by atoms with Crippen LogP contribution in [0.1, 0.15) is 23.5 Å². The van der Waals surface area contributed by atoms with E-state index in [1.165, 1.54) is 6.33 Å². The van der Waals surface area contributed by atoms with Crippen LogP contribution < -0.4 is 5.73 Å². The summed E-state index contributed by atoms with van der Waals surface area (Å²) in [5, 5.41) is 4.22. The second-order valence-corrected chi connectivity index (χ2v) is 5.34. The number of hydrogen-bond acceptors (Lipinski definition) is 4. The van der Waals surface area contributed by atoms with Crippen LogP contribution in [-0.2, 0) is 4.79 Å². The predicted octanol–water partition coefficient (Wildman–Crippen LogP) is 0.605. The van der Waals surface area contributed by atoms with Crippen LogP contribution in [0, 0.1) is 5.92 Å². The van der Waals surface area contributed by atoms with E-state index in [0.29, 0.717) is 13.1 Å². The monoisotopic (exact) mass is 299 g/mol. The highest BCUT2D eigenvalue weighted by Gasteiger charge is 2.29. The molecule has 2 aromatic rings. The van der Waals surface area contributed by atoms with Crippen molar-refractivity contribution >= 4 is 11.8 Å². The molecule has 1 aromatic heterocycles. The minimum Gasteiger partial charge on any atom is -0.369 e. The van der Waals surface area contributed by atoms with Crippen LogP contribution in [-0.4, -0.2) is 44.6 Å². The molecular formula is C15H17N5O2. The first-order valence-corrected chi connectivity index (χ1v) is 7.21. The van der Waals surface area contributed by atoms with Gasteiger partial charge in [0.15, 0.2) is 0 Å². The minimum absolute atomic E-state index is 0.133. The Morgan fingerprint density at radius 2 is 2.00 bits per heavy atom. The number of likely N-dealkylation sites (tertiary alicyclic amines) is 1. The number of benzene rings is 1. The number of carbonyl (C=O) groups excluding carboxylic acids is 2. The number of hydrogen-bond donors (Lipinski definition) is 1. The van der Waals surface area contributed by atoms with E-state index >= 15 is 0 Å². The molecular weight excluding hydrogens is 282 g/mol. The Bertz CT molecular complexity index is 682. The van der Waals surface area contributed by atoms with E-state index in [4.69, 9.17) is 5.73 Å². The van der Waals surface area contributed by atoms with Gasteiger partial charge in [-0.2, -0.15) is 0 Å². The molecule has 1 aromatic carbocycles. The first-order valence-electron chi connectivity index (χ1n) is 7.21. The Morgan fingerprint density at radius 3 is 2.73 bits per heavy atom. The van der Waals surface area contributed by atoms with Crippen LogP contribution in [0.2, 0.25) is 0 Å².